The van der Waals surface area contributed by atoms with Gasteiger partial charge in [0.05, 0.1) is 6.20 Å². The van der Waals surface area contributed by atoms with Crippen LogP contribution in [0.15, 0.2) is 18.5 Å². The second-order valence-electron chi connectivity index (χ2n) is 3.40. The molecule has 0 radical (unpaired) electrons. The predicted octanol–water partition coefficient (Wildman–Crippen LogP) is 2.04. The molecule has 2 heterocycles. The van der Waals surface area contributed by atoms with Crippen LogP contribution in [0, 0.1) is 5.82 Å². The van der Waals surface area contributed by atoms with Crippen molar-refractivity contribution in [3.8, 4) is 0 Å². The summed E-state index contributed by atoms with van der Waals surface area (Å²) in [4.78, 5) is 3.74. The minimum Gasteiger partial charge on any atom is -0.310 e. The van der Waals surface area contributed by atoms with Crippen LogP contribution < -0.4 is 5.32 Å². The highest BCUT2D eigenvalue weighted by Gasteiger charge is 2.17. The van der Waals surface area contributed by atoms with Gasteiger partial charge in [-0.15, -0.1) is 0 Å². The zero-order valence-corrected chi connectivity index (χ0v) is 7.46. The average molecular weight is 180 g/mol. The van der Waals surface area contributed by atoms with Crippen LogP contribution in [0.4, 0.5) is 4.39 Å². The van der Waals surface area contributed by atoms with Crippen LogP contribution >= 0.6 is 0 Å². The van der Waals surface area contributed by atoms with Crippen LogP contribution in [-0.4, -0.2) is 11.5 Å². The molecule has 1 atom stereocenters. The van der Waals surface area contributed by atoms with Gasteiger partial charge in [-0.2, -0.15) is 0 Å². The van der Waals surface area contributed by atoms with E-state index in [9.17, 15) is 4.39 Å². The lowest BCUT2D eigenvalue weighted by Crippen LogP contribution is -2.27. The summed E-state index contributed by atoms with van der Waals surface area (Å²) in [7, 11) is 0. The number of halogens is 1. The van der Waals surface area contributed by atoms with Gasteiger partial charge in [-0.25, -0.2) is 4.39 Å². The lowest BCUT2D eigenvalue weighted by molar-refractivity contribution is 0.399. The molecule has 1 unspecified atom stereocenters. The third-order valence-corrected chi connectivity index (χ3v) is 2.49. The molecule has 2 rings (SSSR count). The molecule has 0 bridgehead atoms. The summed E-state index contributed by atoms with van der Waals surface area (Å²) in [6.45, 7) is 0.992. The Kier molecular flexibility index (Phi) is 2.54. The molecule has 0 aromatic carbocycles. The maximum Gasteiger partial charge on any atom is 0.146 e. The first-order chi connectivity index (χ1) is 6.38. The zero-order valence-electron chi connectivity index (χ0n) is 7.46. The van der Waals surface area contributed by atoms with Crippen LogP contribution in [0.5, 0.6) is 0 Å². The van der Waals surface area contributed by atoms with Gasteiger partial charge in [0, 0.05) is 17.8 Å². The molecular formula is C10H13FN2. The van der Waals surface area contributed by atoms with E-state index in [0.717, 1.165) is 18.5 Å². The van der Waals surface area contributed by atoms with Crippen LogP contribution in [-0.2, 0) is 0 Å². The van der Waals surface area contributed by atoms with E-state index in [1.807, 2.05) is 0 Å². The molecule has 13 heavy (non-hydrogen) atoms. The third kappa shape index (κ3) is 1.86. The van der Waals surface area contributed by atoms with Gasteiger partial charge in [-0.3, -0.25) is 4.98 Å². The second-order valence-corrected chi connectivity index (χ2v) is 3.40. The smallest absolute Gasteiger partial charge is 0.146 e. The van der Waals surface area contributed by atoms with Gasteiger partial charge in [0.1, 0.15) is 5.82 Å². The maximum absolute atomic E-state index is 13.3. The van der Waals surface area contributed by atoms with Gasteiger partial charge in [0.15, 0.2) is 0 Å². The van der Waals surface area contributed by atoms with E-state index in [0.29, 0.717) is 0 Å². The highest BCUT2D eigenvalue weighted by Crippen LogP contribution is 2.23. The zero-order chi connectivity index (χ0) is 9.10. The topological polar surface area (TPSA) is 24.9 Å². The molecule has 1 saturated heterocycles. The number of rotatable bonds is 1. The Morgan fingerprint density at radius 1 is 1.46 bits per heavy atom. The molecule has 0 spiro atoms. The molecular weight excluding hydrogens is 167 g/mol. The summed E-state index contributed by atoms with van der Waals surface area (Å²) in [5, 5.41) is 3.31. The lowest BCUT2D eigenvalue weighted by atomic mass is 9.98. The molecule has 70 valence electrons. The maximum atomic E-state index is 13.3. The SMILES string of the molecule is Fc1cnccc1C1CCCCN1. The summed E-state index contributed by atoms with van der Waals surface area (Å²) >= 11 is 0. The predicted molar refractivity (Wildman–Crippen MR) is 48.8 cm³/mol. The summed E-state index contributed by atoms with van der Waals surface area (Å²) in [6, 6.07) is 1.95. The van der Waals surface area contributed by atoms with Crippen molar-refractivity contribution in [1.29, 1.82) is 0 Å². The molecule has 1 fully saturated rings. The van der Waals surface area contributed by atoms with Gasteiger partial charge < -0.3 is 5.32 Å². The van der Waals surface area contributed by atoms with E-state index >= 15 is 0 Å². The summed E-state index contributed by atoms with van der Waals surface area (Å²) in [6.07, 6.45) is 6.34. The molecule has 1 aliphatic heterocycles. The number of nitrogens with zero attached hydrogens (tertiary/aromatic N) is 1. The fourth-order valence-corrected chi connectivity index (χ4v) is 1.79. The first-order valence-electron chi connectivity index (χ1n) is 4.71. The molecule has 0 amide bonds. The van der Waals surface area contributed by atoms with Crippen molar-refractivity contribution in [2.75, 3.05) is 6.54 Å². The Morgan fingerprint density at radius 2 is 2.38 bits per heavy atom. The van der Waals surface area contributed by atoms with Crippen molar-refractivity contribution >= 4 is 0 Å². The highest BCUT2D eigenvalue weighted by molar-refractivity contribution is 5.17. The number of pyridine rings is 1. The Labute approximate surface area is 77.2 Å². The summed E-state index contributed by atoms with van der Waals surface area (Å²) in [5.41, 5.74) is 0.759. The number of nitrogens with one attached hydrogen (secondary N) is 1. The Morgan fingerprint density at radius 3 is 3.08 bits per heavy atom. The molecule has 1 aromatic heterocycles. The minimum atomic E-state index is -0.193. The first kappa shape index (κ1) is 8.63. The van der Waals surface area contributed by atoms with E-state index in [4.69, 9.17) is 0 Å². The largest absolute Gasteiger partial charge is 0.310 e. The normalized spacial score (nSPS) is 23.0. The van der Waals surface area contributed by atoms with Crippen molar-refractivity contribution in [2.45, 2.75) is 25.3 Å². The van der Waals surface area contributed by atoms with E-state index in [-0.39, 0.29) is 11.9 Å². The summed E-state index contributed by atoms with van der Waals surface area (Å²) < 4.78 is 13.3. The van der Waals surface area contributed by atoms with Crippen LogP contribution in [0.1, 0.15) is 30.9 Å². The number of aromatic nitrogens is 1. The van der Waals surface area contributed by atoms with Gasteiger partial charge in [-0.1, -0.05) is 6.42 Å². The molecule has 1 aromatic rings. The van der Waals surface area contributed by atoms with Crippen molar-refractivity contribution in [3.05, 3.63) is 29.8 Å². The first-order valence-corrected chi connectivity index (χ1v) is 4.71. The highest BCUT2D eigenvalue weighted by atomic mass is 19.1. The van der Waals surface area contributed by atoms with E-state index in [1.54, 1.807) is 12.3 Å². The third-order valence-electron chi connectivity index (χ3n) is 2.49. The number of hydrogen-bond acceptors (Lipinski definition) is 2. The number of hydrogen-bond donors (Lipinski definition) is 1. The Balaban J connectivity index is 2.18. The van der Waals surface area contributed by atoms with Gasteiger partial charge in [0.25, 0.3) is 0 Å². The van der Waals surface area contributed by atoms with E-state index in [2.05, 4.69) is 10.3 Å². The molecule has 1 aliphatic rings. The summed E-state index contributed by atoms with van der Waals surface area (Å²) in [5.74, 6) is -0.193. The van der Waals surface area contributed by atoms with Crippen molar-refractivity contribution in [2.24, 2.45) is 0 Å². The molecule has 3 heteroatoms. The molecule has 1 N–H and O–H groups in total. The fourth-order valence-electron chi connectivity index (χ4n) is 1.79. The second kappa shape index (κ2) is 3.83. The van der Waals surface area contributed by atoms with E-state index in [1.165, 1.54) is 19.0 Å². The van der Waals surface area contributed by atoms with Crippen LogP contribution in [0.3, 0.4) is 0 Å². The number of piperidine rings is 1. The van der Waals surface area contributed by atoms with E-state index < -0.39 is 0 Å². The van der Waals surface area contributed by atoms with Crippen molar-refractivity contribution in [3.63, 3.8) is 0 Å². The quantitative estimate of drug-likeness (QED) is 0.715. The minimum absolute atomic E-state index is 0.191. The van der Waals surface area contributed by atoms with Crippen molar-refractivity contribution in [1.82, 2.24) is 10.3 Å². The van der Waals surface area contributed by atoms with Crippen LogP contribution in [0.25, 0.3) is 0 Å². The molecule has 0 aliphatic carbocycles. The van der Waals surface area contributed by atoms with Gasteiger partial charge in [-0.05, 0) is 25.5 Å². The average Bonchev–Trinajstić information content (AvgIpc) is 2.20. The fraction of sp³-hybridized carbons (Fsp3) is 0.500. The van der Waals surface area contributed by atoms with Gasteiger partial charge in [0.2, 0.25) is 0 Å². The van der Waals surface area contributed by atoms with Crippen molar-refractivity contribution < 1.29 is 4.39 Å². The molecule has 2 nitrogen and oxygen atoms in total. The Hall–Kier alpha value is -0.960. The Bertz CT molecular complexity index is 282. The van der Waals surface area contributed by atoms with Gasteiger partial charge >= 0.3 is 0 Å². The monoisotopic (exact) mass is 180 g/mol. The lowest BCUT2D eigenvalue weighted by Gasteiger charge is -2.23. The van der Waals surface area contributed by atoms with Crippen LogP contribution in [0.2, 0.25) is 0 Å². The molecule has 0 saturated carbocycles. The standard InChI is InChI=1S/C10H13FN2/c11-9-7-12-6-4-8(9)10-3-1-2-5-13-10/h4,6-7,10,13H,1-3,5H2.